The summed E-state index contributed by atoms with van der Waals surface area (Å²) < 4.78 is 5.72. The predicted molar refractivity (Wildman–Crippen MR) is 75.5 cm³/mol. The number of ether oxygens (including phenoxy) is 1. The van der Waals surface area contributed by atoms with Gasteiger partial charge in [0.15, 0.2) is 0 Å². The highest BCUT2D eigenvalue weighted by atomic mass is 16.5. The Balaban J connectivity index is 1.81. The van der Waals surface area contributed by atoms with Gasteiger partial charge in [0.1, 0.15) is 5.75 Å². The standard InChI is InChI=1S/C16H23NO2/c1-16(18,11-13-6-2-3-9-17-13)14-7-4-5-12-8-10-19-15(12)14/h4-5,7,13,17-18H,2-3,6,8-11H2,1H3. The van der Waals surface area contributed by atoms with Crippen molar-refractivity contribution in [3.8, 4) is 5.75 Å². The van der Waals surface area contributed by atoms with Gasteiger partial charge in [0.2, 0.25) is 0 Å². The summed E-state index contributed by atoms with van der Waals surface area (Å²) in [5, 5.41) is 14.4. The van der Waals surface area contributed by atoms with Crippen molar-refractivity contribution in [3.63, 3.8) is 0 Å². The average Bonchev–Trinajstić information content (AvgIpc) is 2.87. The predicted octanol–water partition coefficient (Wildman–Crippen LogP) is 2.36. The lowest BCUT2D eigenvalue weighted by atomic mass is 9.85. The molecule has 0 spiro atoms. The van der Waals surface area contributed by atoms with E-state index < -0.39 is 5.60 Å². The molecule has 2 aliphatic rings. The molecule has 0 saturated carbocycles. The van der Waals surface area contributed by atoms with Gasteiger partial charge in [0.05, 0.1) is 12.2 Å². The van der Waals surface area contributed by atoms with Gasteiger partial charge in [-0.15, -0.1) is 0 Å². The molecule has 19 heavy (non-hydrogen) atoms. The zero-order chi connectivity index (χ0) is 13.3. The van der Waals surface area contributed by atoms with Crippen molar-refractivity contribution < 1.29 is 9.84 Å². The van der Waals surface area contributed by atoms with Gasteiger partial charge in [-0.05, 0) is 38.3 Å². The molecular weight excluding hydrogens is 238 g/mol. The number of benzene rings is 1. The largest absolute Gasteiger partial charge is 0.493 e. The highest BCUT2D eigenvalue weighted by Crippen LogP contribution is 2.39. The molecule has 3 rings (SSSR count). The maximum Gasteiger partial charge on any atom is 0.128 e. The molecule has 2 atom stereocenters. The fourth-order valence-corrected chi connectivity index (χ4v) is 3.33. The van der Waals surface area contributed by atoms with E-state index in [1.54, 1.807) is 0 Å². The van der Waals surface area contributed by atoms with Gasteiger partial charge in [-0.3, -0.25) is 0 Å². The third-order valence-electron chi connectivity index (χ3n) is 4.35. The van der Waals surface area contributed by atoms with Crippen LogP contribution in [0.4, 0.5) is 0 Å². The van der Waals surface area contributed by atoms with E-state index in [9.17, 15) is 5.11 Å². The number of para-hydroxylation sites is 1. The molecule has 0 amide bonds. The summed E-state index contributed by atoms with van der Waals surface area (Å²) >= 11 is 0. The number of nitrogens with one attached hydrogen (secondary N) is 1. The number of hydrogen-bond donors (Lipinski definition) is 2. The molecule has 3 heteroatoms. The van der Waals surface area contributed by atoms with Crippen molar-refractivity contribution in [3.05, 3.63) is 29.3 Å². The number of piperidine rings is 1. The normalized spacial score (nSPS) is 25.5. The number of hydrogen-bond acceptors (Lipinski definition) is 3. The summed E-state index contributed by atoms with van der Waals surface area (Å²) in [6.07, 6.45) is 5.39. The van der Waals surface area contributed by atoms with Crippen LogP contribution in [0.25, 0.3) is 0 Å². The van der Waals surface area contributed by atoms with Crippen LogP contribution in [0.2, 0.25) is 0 Å². The highest BCUT2D eigenvalue weighted by Gasteiger charge is 2.32. The molecule has 1 saturated heterocycles. The molecule has 1 aromatic rings. The van der Waals surface area contributed by atoms with Crippen molar-refractivity contribution in [2.75, 3.05) is 13.2 Å². The van der Waals surface area contributed by atoms with E-state index in [-0.39, 0.29) is 0 Å². The minimum absolute atomic E-state index is 0.418. The lowest BCUT2D eigenvalue weighted by Crippen LogP contribution is -2.39. The van der Waals surface area contributed by atoms with E-state index in [4.69, 9.17) is 4.74 Å². The molecule has 1 aromatic carbocycles. The Morgan fingerprint density at radius 3 is 3.11 bits per heavy atom. The molecule has 3 nitrogen and oxygen atoms in total. The fourth-order valence-electron chi connectivity index (χ4n) is 3.33. The Bertz CT molecular complexity index is 450. The first-order chi connectivity index (χ1) is 9.17. The third-order valence-corrected chi connectivity index (χ3v) is 4.35. The van der Waals surface area contributed by atoms with Gasteiger partial charge >= 0.3 is 0 Å². The second-order valence-corrected chi connectivity index (χ2v) is 6.02. The first-order valence-electron chi connectivity index (χ1n) is 7.38. The molecule has 2 aliphatic heterocycles. The fraction of sp³-hybridized carbons (Fsp3) is 0.625. The van der Waals surface area contributed by atoms with Gasteiger partial charge in [0.25, 0.3) is 0 Å². The first kappa shape index (κ1) is 12.9. The molecule has 2 unspecified atom stereocenters. The smallest absolute Gasteiger partial charge is 0.128 e. The molecule has 2 heterocycles. The highest BCUT2D eigenvalue weighted by molar-refractivity contribution is 5.46. The zero-order valence-corrected chi connectivity index (χ0v) is 11.6. The molecule has 2 N–H and O–H groups in total. The second kappa shape index (κ2) is 5.14. The molecule has 1 fully saturated rings. The van der Waals surface area contributed by atoms with Crippen molar-refractivity contribution in [2.24, 2.45) is 0 Å². The van der Waals surface area contributed by atoms with Crippen molar-refractivity contribution in [2.45, 2.75) is 50.7 Å². The monoisotopic (exact) mass is 261 g/mol. The van der Waals surface area contributed by atoms with Crippen molar-refractivity contribution >= 4 is 0 Å². The quantitative estimate of drug-likeness (QED) is 0.877. The lowest BCUT2D eigenvalue weighted by molar-refractivity contribution is 0.0309. The molecule has 0 aliphatic carbocycles. The summed E-state index contributed by atoms with van der Waals surface area (Å²) in [5.74, 6) is 0.920. The molecule has 0 radical (unpaired) electrons. The van der Waals surface area contributed by atoms with Crippen LogP contribution in [0.5, 0.6) is 5.75 Å². The number of fused-ring (bicyclic) bond motifs is 1. The van der Waals surface area contributed by atoms with Crippen LogP contribution in [-0.2, 0) is 12.0 Å². The van der Waals surface area contributed by atoms with Crippen LogP contribution in [-0.4, -0.2) is 24.3 Å². The summed E-state index contributed by atoms with van der Waals surface area (Å²) in [4.78, 5) is 0. The Kier molecular flexibility index (Phi) is 3.50. The van der Waals surface area contributed by atoms with Crippen LogP contribution in [0.15, 0.2) is 18.2 Å². The van der Waals surface area contributed by atoms with Crippen LogP contribution in [0.3, 0.4) is 0 Å². The maximum atomic E-state index is 10.9. The van der Waals surface area contributed by atoms with E-state index in [0.717, 1.165) is 43.7 Å². The Labute approximate surface area is 115 Å². The zero-order valence-electron chi connectivity index (χ0n) is 11.6. The maximum absolute atomic E-state index is 10.9. The average molecular weight is 261 g/mol. The Morgan fingerprint density at radius 1 is 1.42 bits per heavy atom. The van der Waals surface area contributed by atoms with Crippen LogP contribution < -0.4 is 10.1 Å². The minimum Gasteiger partial charge on any atom is -0.493 e. The van der Waals surface area contributed by atoms with Crippen LogP contribution in [0, 0.1) is 0 Å². The minimum atomic E-state index is -0.815. The van der Waals surface area contributed by atoms with Gasteiger partial charge in [-0.25, -0.2) is 0 Å². The number of rotatable bonds is 3. The van der Waals surface area contributed by atoms with Gasteiger partial charge < -0.3 is 15.2 Å². The third kappa shape index (κ3) is 2.63. The van der Waals surface area contributed by atoms with E-state index in [0.29, 0.717) is 6.04 Å². The van der Waals surface area contributed by atoms with Crippen LogP contribution >= 0.6 is 0 Å². The van der Waals surface area contributed by atoms with E-state index in [1.165, 1.54) is 18.4 Å². The lowest BCUT2D eigenvalue weighted by Gasteiger charge is -2.32. The van der Waals surface area contributed by atoms with E-state index in [1.807, 2.05) is 19.1 Å². The Morgan fingerprint density at radius 2 is 2.32 bits per heavy atom. The molecular formula is C16H23NO2. The topological polar surface area (TPSA) is 41.5 Å². The summed E-state index contributed by atoms with van der Waals surface area (Å²) in [6, 6.07) is 6.56. The number of aliphatic hydroxyl groups is 1. The van der Waals surface area contributed by atoms with Gasteiger partial charge in [-0.2, -0.15) is 0 Å². The molecule has 0 aromatic heterocycles. The summed E-state index contributed by atoms with van der Waals surface area (Å²) in [7, 11) is 0. The molecule has 104 valence electrons. The van der Waals surface area contributed by atoms with Gasteiger partial charge in [-0.1, -0.05) is 24.6 Å². The van der Waals surface area contributed by atoms with Gasteiger partial charge in [0, 0.05) is 18.0 Å². The molecule has 0 bridgehead atoms. The van der Waals surface area contributed by atoms with E-state index in [2.05, 4.69) is 11.4 Å². The SMILES string of the molecule is CC(O)(CC1CCCCN1)c1cccc2c1OCC2. The van der Waals surface area contributed by atoms with Crippen molar-refractivity contribution in [1.82, 2.24) is 5.32 Å². The first-order valence-corrected chi connectivity index (χ1v) is 7.38. The van der Waals surface area contributed by atoms with Crippen molar-refractivity contribution in [1.29, 1.82) is 0 Å². The Hall–Kier alpha value is -1.06. The summed E-state index contributed by atoms with van der Waals surface area (Å²) in [5.41, 5.74) is 1.37. The van der Waals surface area contributed by atoms with Crippen LogP contribution in [0.1, 0.15) is 43.7 Å². The van der Waals surface area contributed by atoms with E-state index >= 15 is 0 Å². The second-order valence-electron chi connectivity index (χ2n) is 6.02. The summed E-state index contributed by atoms with van der Waals surface area (Å²) in [6.45, 7) is 3.73.